The van der Waals surface area contributed by atoms with E-state index in [9.17, 15) is 14.4 Å². The largest absolute Gasteiger partial charge is 0.497 e. The van der Waals surface area contributed by atoms with Crippen LogP contribution in [0.4, 0.5) is 5.69 Å². The highest BCUT2D eigenvalue weighted by atomic mass is 16.5. The van der Waals surface area contributed by atoms with E-state index in [4.69, 9.17) is 4.74 Å². The summed E-state index contributed by atoms with van der Waals surface area (Å²) in [6, 6.07) is 12.3. The Labute approximate surface area is 180 Å². The number of benzene rings is 2. The molecule has 0 aromatic heterocycles. The van der Waals surface area contributed by atoms with E-state index in [0.717, 1.165) is 16.9 Å². The Morgan fingerprint density at radius 1 is 1.16 bits per heavy atom. The van der Waals surface area contributed by atoms with Crippen molar-refractivity contribution in [2.45, 2.75) is 24.9 Å². The first-order chi connectivity index (χ1) is 15.0. The van der Waals surface area contributed by atoms with Crippen LogP contribution in [0.3, 0.4) is 0 Å². The molecule has 8 heteroatoms. The van der Waals surface area contributed by atoms with Gasteiger partial charge in [0.05, 0.1) is 24.9 Å². The first-order valence-electron chi connectivity index (χ1n) is 10.3. The van der Waals surface area contributed by atoms with Crippen LogP contribution in [0.15, 0.2) is 42.5 Å². The van der Waals surface area contributed by atoms with E-state index in [2.05, 4.69) is 16.0 Å². The van der Waals surface area contributed by atoms with E-state index in [1.54, 1.807) is 25.1 Å². The molecule has 0 radical (unpaired) electrons. The Morgan fingerprint density at radius 3 is 2.61 bits per heavy atom. The Kier molecular flexibility index (Phi) is 5.90. The molecule has 2 aliphatic heterocycles. The Morgan fingerprint density at radius 2 is 1.90 bits per heavy atom. The molecule has 2 aromatic rings. The highest BCUT2D eigenvalue weighted by Gasteiger charge is 2.40. The van der Waals surface area contributed by atoms with Crippen molar-refractivity contribution in [1.82, 2.24) is 15.5 Å². The summed E-state index contributed by atoms with van der Waals surface area (Å²) in [6.07, 6.45) is 1.00. The lowest BCUT2D eigenvalue weighted by Gasteiger charge is -2.37. The molecule has 0 saturated carbocycles. The summed E-state index contributed by atoms with van der Waals surface area (Å²) < 4.78 is 5.21. The predicted octanol–water partition coefficient (Wildman–Crippen LogP) is 1.62. The lowest BCUT2D eigenvalue weighted by molar-refractivity contribution is -0.124. The highest BCUT2D eigenvalue weighted by molar-refractivity contribution is 6.10. The second-order valence-corrected chi connectivity index (χ2v) is 7.81. The number of carbonyl (C=O) groups excluding carboxylic acids is 3. The third-order valence-electron chi connectivity index (χ3n) is 5.80. The van der Waals surface area contributed by atoms with Crippen LogP contribution < -0.4 is 20.7 Å². The molecule has 8 nitrogen and oxygen atoms in total. The Hall–Kier alpha value is -3.39. The zero-order valence-electron chi connectivity index (χ0n) is 17.6. The van der Waals surface area contributed by atoms with Crippen molar-refractivity contribution in [3.63, 3.8) is 0 Å². The zero-order chi connectivity index (χ0) is 22.0. The van der Waals surface area contributed by atoms with Crippen LogP contribution in [0, 0.1) is 0 Å². The van der Waals surface area contributed by atoms with Crippen LogP contribution in [0.25, 0.3) is 11.1 Å². The molecule has 3 amide bonds. The van der Waals surface area contributed by atoms with Crippen LogP contribution >= 0.6 is 0 Å². The van der Waals surface area contributed by atoms with E-state index in [1.807, 2.05) is 36.4 Å². The van der Waals surface area contributed by atoms with Gasteiger partial charge in [-0.3, -0.25) is 14.4 Å². The molecule has 2 unspecified atom stereocenters. The number of hydrogen-bond acceptors (Lipinski definition) is 5. The average Bonchev–Trinajstić information content (AvgIpc) is 2.88. The number of piperidine rings is 1. The van der Waals surface area contributed by atoms with E-state index in [1.165, 1.54) is 0 Å². The molecule has 0 bridgehead atoms. The van der Waals surface area contributed by atoms with Gasteiger partial charge in [0.1, 0.15) is 11.8 Å². The summed E-state index contributed by atoms with van der Waals surface area (Å²) in [5.74, 6) is 0.244. The second-order valence-electron chi connectivity index (χ2n) is 7.81. The van der Waals surface area contributed by atoms with Gasteiger partial charge in [0.25, 0.3) is 5.91 Å². The number of rotatable bonds is 5. The molecule has 31 heavy (non-hydrogen) atoms. The van der Waals surface area contributed by atoms with Crippen LogP contribution in [-0.4, -0.2) is 62.0 Å². The molecule has 0 aliphatic carbocycles. The highest BCUT2D eigenvalue weighted by Crippen LogP contribution is 2.32. The SMILES string of the molecule is CNCC(=O)NC1CCN2C(=O)c3cc(-c4ccc(OC)cc4)ccc3NC(=O)C2C1. The third-order valence-corrected chi connectivity index (χ3v) is 5.80. The van der Waals surface area contributed by atoms with Gasteiger partial charge in [0, 0.05) is 12.6 Å². The topological polar surface area (TPSA) is 99.8 Å². The zero-order valence-corrected chi connectivity index (χ0v) is 17.6. The number of amides is 3. The first-order valence-corrected chi connectivity index (χ1v) is 10.3. The molecule has 1 saturated heterocycles. The molecule has 1 fully saturated rings. The molecule has 2 aliphatic rings. The molecular formula is C23H26N4O4. The van der Waals surface area contributed by atoms with Gasteiger partial charge in [-0.2, -0.15) is 0 Å². The lowest BCUT2D eigenvalue weighted by atomic mass is 9.95. The number of methoxy groups -OCH3 is 1. The predicted molar refractivity (Wildman–Crippen MR) is 117 cm³/mol. The number of anilines is 1. The van der Waals surface area contributed by atoms with Crippen molar-refractivity contribution in [3.05, 3.63) is 48.0 Å². The lowest BCUT2D eigenvalue weighted by Crippen LogP contribution is -2.55. The number of carbonyl (C=O) groups is 3. The standard InChI is InChI=1S/C23H26N4O4/c1-24-13-21(28)25-16-9-10-27-20(12-16)22(29)26-19-8-5-15(11-18(19)23(27)30)14-3-6-17(31-2)7-4-14/h3-8,11,16,20,24H,9-10,12-13H2,1-2H3,(H,25,28)(H,26,29). The summed E-state index contributed by atoms with van der Waals surface area (Å²) in [7, 11) is 3.32. The van der Waals surface area contributed by atoms with Crippen LogP contribution in [0.2, 0.25) is 0 Å². The van der Waals surface area contributed by atoms with Crippen LogP contribution in [0.1, 0.15) is 23.2 Å². The Balaban J connectivity index is 1.58. The van der Waals surface area contributed by atoms with Crippen molar-refractivity contribution < 1.29 is 19.1 Å². The molecule has 3 N–H and O–H groups in total. The van der Waals surface area contributed by atoms with E-state index in [-0.39, 0.29) is 30.3 Å². The fourth-order valence-corrected chi connectivity index (χ4v) is 4.19. The minimum absolute atomic E-state index is 0.117. The van der Waals surface area contributed by atoms with Gasteiger partial charge in [0.15, 0.2) is 0 Å². The van der Waals surface area contributed by atoms with Gasteiger partial charge in [-0.25, -0.2) is 0 Å². The molecule has 2 heterocycles. The first kappa shape index (κ1) is 20.9. The maximum Gasteiger partial charge on any atom is 0.256 e. The van der Waals surface area contributed by atoms with E-state index >= 15 is 0 Å². The minimum atomic E-state index is -0.613. The third kappa shape index (κ3) is 4.25. The molecule has 162 valence electrons. The van der Waals surface area contributed by atoms with E-state index < -0.39 is 6.04 Å². The number of nitrogens with zero attached hydrogens (tertiary/aromatic N) is 1. The van der Waals surface area contributed by atoms with Gasteiger partial charge in [0.2, 0.25) is 11.8 Å². The number of nitrogens with one attached hydrogen (secondary N) is 3. The monoisotopic (exact) mass is 422 g/mol. The van der Waals surface area contributed by atoms with Crippen molar-refractivity contribution in [3.8, 4) is 16.9 Å². The number of fused-ring (bicyclic) bond motifs is 2. The summed E-state index contributed by atoms with van der Waals surface area (Å²) in [6.45, 7) is 0.628. The second kappa shape index (κ2) is 8.77. The normalized spacial score (nSPS) is 20.3. The number of ether oxygens (including phenoxy) is 1. The molecule has 0 spiro atoms. The quantitative estimate of drug-likeness (QED) is 0.680. The van der Waals surface area contributed by atoms with Crippen LogP contribution in [-0.2, 0) is 9.59 Å². The summed E-state index contributed by atoms with van der Waals surface area (Å²) >= 11 is 0. The maximum absolute atomic E-state index is 13.3. The van der Waals surface area contributed by atoms with Crippen molar-refractivity contribution in [2.75, 3.05) is 32.6 Å². The molecule has 2 atom stereocenters. The summed E-state index contributed by atoms with van der Waals surface area (Å²) in [4.78, 5) is 39.8. The molecule has 2 aromatic carbocycles. The van der Waals surface area contributed by atoms with Gasteiger partial charge in [-0.15, -0.1) is 0 Å². The van der Waals surface area contributed by atoms with Crippen molar-refractivity contribution >= 4 is 23.4 Å². The van der Waals surface area contributed by atoms with Crippen molar-refractivity contribution in [2.24, 2.45) is 0 Å². The molecule has 4 rings (SSSR count). The van der Waals surface area contributed by atoms with Crippen LogP contribution in [0.5, 0.6) is 5.75 Å². The Bertz CT molecular complexity index is 1010. The fraction of sp³-hybridized carbons (Fsp3) is 0.348. The van der Waals surface area contributed by atoms with E-state index in [0.29, 0.717) is 30.6 Å². The number of likely N-dealkylation sites (N-methyl/N-ethyl adjacent to an activating group) is 1. The van der Waals surface area contributed by atoms with Gasteiger partial charge < -0.3 is 25.6 Å². The van der Waals surface area contributed by atoms with Crippen molar-refractivity contribution in [1.29, 1.82) is 0 Å². The molecular weight excluding hydrogens is 396 g/mol. The maximum atomic E-state index is 13.3. The average molecular weight is 422 g/mol. The summed E-state index contributed by atoms with van der Waals surface area (Å²) in [5.41, 5.74) is 2.82. The number of hydrogen-bond donors (Lipinski definition) is 3. The minimum Gasteiger partial charge on any atom is -0.497 e. The smallest absolute Gasteiger partial charge is 0.256 e. The van der Waals surface area contributed by atoms with Gasteiger partial charge in [-0.05, 0) is 55.3 Å². The fourth-order valence-electron chi connectivity index (χ4n) is 4.19. The van der Waals surface area contributed by atoms with Gasteiger partial charge >= 0.3 is 0 Å². The summed E-state index contributed by atoms with van der Waals surface area (Å²) in [5, 5.41) is 8.65. The van der Waals surface area contributed by atoms with Gasteiger partial charge in [-0.1, -0.05) is 18.2 Å².